The van der Waals surface area contributed by atoms with Gasteiger partial charge in [-0.3, -0.25) is 9.59 Å². The zero-order chi connectivity index (χ0) is 49.1. The Morgan fingerprint density at radius 1 is 0.429 bits per heavy atom. The van der Waals surface area contributed by atoms with Gasteiger partial charge in [0.05, 0.1) is 26.4 Å². The van der Waals surface area contributed by atoms with E-state index >= 15 is 0 Å². The van der Waals surface area contributed by atoms with E-state index in [-0.39, 0.29) is 79.1 Å². The Labute approximate surface area is 416 Å². The van der Waals surface area contributed by atoms with E-state index < -0.39 is 33.4 Å². The van der Waals surface area contributed by atoms with Crippen LogP contribution in [0.1, 0.15) is 72.5 Å². The van der Waals surface area contributed by atoms with Gasteiger partial charge in [-0.25, -0.2) is 0 Å². The van der Waals surface area contributed by atoms with Crippen LogP contribution in [-0.4, -0.2) is 95.4 Å². The largest absolute Gasteiger partial charge is 0.660 e. The molecule has 0 radical (unpaired) electrons. The van der Waals surface area contributed by atoms with Gasteiger partial charge in [0.1, 0.15) is 0 Å². The second-order valence-electron chi connectivity index (χ2n) is 17.1. The highest BCUT2D eigenvalue weighted by molar-refractivity contribution is 8.30. The fraction of sp³-hybridized carbons (Fsp3) is 0.241. The molecule has 0 fully saturated rings. The lowest BCUT2D eigenvalue weighted by Gasteiger charge is -2.45. The summed E-state index contributed by atoms with van der Waals surface area (Å²) in [4.78, 5) is 28.2. The van der Waals surface area contributed by atoms with E-state index in [9.17, 15) is 30.0 Å². The SMILES string of the molecule is O=C(c1ccccc1)c1ccccc1CS(CCO)(CCO)OB(OCCCC(c1ccccc1)(c1ccccc1)c1ccccc1)OS(CCO)(CCO)Cc1ccccc1C(=O)c1ccccc1. The topological polar surface area (TPSA) is 143 Å². The number of aliphatic hydroxyl groups is 4. The summed E-state index contributed by atoms with van der Waals surface area (Å²) in [5.74, 6) is 0.531. The van der Waals surface area contributed by atoms with Crippen molar-refractivity contribution >= 4 is 39.5 Å². The molecule has 9 nitrogen and oxygen atoms in total. The van der Waals surface area contributed by atoms with Crippen molar-refractivity contribution in [3.8, 4) is 0 Å². The molecule has 4 N–H and O–H groups in total. The van der Waals surface area contributed by atoms with Crippen LogP contribution in [0.5, 0.6) is 0 Å². The van der Waals surface area contributed by atoms with Gasteiger partial charge in [0, 0.05) is 68.8 Å². The molecule has 70 heavy (non-hydrogen) atoms. The summed E-state index contributed by atoms with van der Waals surface area (Å²) in [5.41, 5.74) is 6.15. The van der Waals surface area contributed by atoms with Crippen molar-refractivity contribution in [2.75, 3.05) is 56.0 Å². The van der Waals surface area contributed by atoms with Crippen LogP contribution in [0.15, 0.2) is 200 Å². The Kier molecular flexibility index (Phi) is 19.4. The third kappa shape index (κ3) is 13.0. The Morgan fingerprint density at radius 2 is 0.743 bits per heavy atom. The summed E-state index contributed by atoms with van der Waals surface area (Å²) in [6.45, 7) is -1.00. The van der Waals surface area contributed by atoms with Crippen molar-refractivity contribution in [1.29, 1.82) is 0 Å². The molecule has 12 heteroatoms. The maximum absolute atomic E-state index is 14.1. The average Bonchev–Trinajstić information content (AvgIpc) is 3.40. The molecule has 0 aromatic heterocycles. The maximum Gasteiger partial charge on any atom is 0.660 e. The molecular formula is C58H63BO9S2. The lowest BCUT2D eigenvalue weighted by Crippen LogP contribution is -2.37. The summed E-state index contributed by atoms with van der Waals surface area (Å²) in [6.07, 6.45) is 1.15. The molecule has 0 aliphatic rings. The van der Waals surface area contributed by atoms with Gasteiger partial charge in [0.15, 0.2) is 11.6 Å². The van der Waals surface area contributed by atoms with E-state index in [1.165, 1.54) is 0 Å². The minimum atomic E-state index is -2.58. The predicted octanol–water partition coefficient (Wildman–Crippen LogP) is 10.1. The third-order valence-corrected chi connectivity index (χ3v) is 19.1. The van der Waals surface area contributed by atoms with Crippen LogP contribution in [-0.2, 0) is 29.8 Å². The molecule has 0 saturated carbocycles. The van der Waals surface area contributed by atoms with Crippen molar-refractivity contribution in [2.45, 2.75) is 29.8 Å². The van der Waals surface area contributed by atoms with Crippen LogP contribution in [0, 0.1) is 0 Å². The summed E-state index contributed by atoms with van der Waals surface area (Å²) >= 11 is 0. The fourth-order valence-corrected chi connectivity index (χ4v) is 14.6. The van der Waals surface area contributed by atoms with Crippen molar-refractivity contribution < 1.29 is 42.9 Å². The number of aliphatic hydroxyl groups excluding tert-OH is 4. The van der Waals surface area contributed by atoms with Crippen molar-refractivity contribution in [1.82, 2.24) is 0 Å². The summed E-state index contributed by atoms with van der Waals surface area (Å²) < 4.78 is 21.2. The van der Waals surface area contributed by atoms with E-state index in [0.717, 1.165) is 16.7 Å². The van der Waals surface area contributed by atoms with Crippen LogP contribution in [0.25, 0.3) is 0 Å². The Balaban J connectivity index is 1.28. The zero-order valence-corrected chi connectivity index (χ0v) is 41.1. The molecule has 7 aromatic carbocycles. The van der Waals surface area contributed by atoms with Gasteiger partial charge in [0.25, 0.3) is 0 Å². The highest BCUT2D eigenvalue weighted by atomic mass is 32.3. The van der Waals surface area contributed by atoms with Crippen molar-refractivity contribution in [2.24, 2.45) is 0 Å². The van der Waals surface area contributed by atoms with E-state index in [2.05, 4.69) is 72.8 Å². The molecule has 0 aliphatic carbocycles. The van der Waals surface area contributed by atoms with Gasteiger partial charge >= 0.3 is 7.32 Å². The van der Waals surface area contributed by atoms with Crippen LogP contribution in [0.4, 0.5) is 0 Å². The van der Waals surface area contributed by atoms with E-state index in [1.807, 2.05) is 91.0 Å². The molecule has 7 aromatic rings. The number of carbonyl (C=O) groups is 2. The highest BCUT2D eigenvalue weighted by Crippen LogP contribution is 2.57. The lowest BCUT2D eigenvalue weighted by atomic mass is 9.67. The van der Waals surface area contributed by atoms with Crippen molar-refractivity contribution in [3.05, 3.63) is 250 Å². The van der Waals surface area contributed by atoms with Crippen LogP contribution in [0.3, 0.4) is 0 Å². The first kappa shape index (κ1) is 52.2. The normalized spacial score (nSPS) is 12.3. The number of benzene rings is 7. The Morgan fingerprint density at radius 3 is 1.09 bits per heavy atom. The minimum absolute atomic E-state index is 0.126. The van der Waals surface area contributed by atoms with Crippen molar-refractivity contribution in [3.63, 3.8) is 0 Å². The third-order valence-electron chi connectivity index (χ3n) is 12.6. The number of rotatable bonds is 28. The molecule has 0 spiro atoms. The van der Waals surface area contributed by atoms with Gasteiger partial charge in [-0.05, 0) is 40.7 Å². The average molecular weight is 979 g/mol. The summed E-state index contributed by atoms with van der Waals surface area (Å²) in [5, 5.41) is 43.2. The number of ketones is 2. The second-order valence-corrected chi connectivity index (χ2v) is 23.6. The van der Waals surface area contributed by atoms with Gasteiger partial charge in [-0.15, -0.1) is 20.6 Å². The summed E-state index contributed by atoms with van der Waals surface area (Å²) in [7, 11) is -6.59. The standard InChI is InChI=1S/C58H63BO9S2/c60-36-41-69(42-37-61,45-49-25-16-18-33-54(49)56(64)47-21-6-1-7-22-47)67-59(68-70(43-38-62,44-39-63)46-50-26-17-19-34-55(50)57(65)48-23-8-2-9-24-48)66-40-20-35-58(51-27-10-3-11-28-51,52-29-12-4-13-30-52)53-31-14-5-15-32-53/h1-19,21-34,60-63H,20,35-46H2. The quantitative estimate of drug-likeness (QED) is 0.0163. The van der Waals surface area contributed by atoms with Crippen LogP contribution >= 0.6 is 20.6 Å². The second kappa shape index (κ2) is 26.0. The Hall–Kier alpha value is -5.64. The highest BCUT2D eigenvalue weighted by Gasteiger charge is 2.42. The number of carbonyl (C=O) groups excluding carboxylic acids is 2. The van der Waals surface area contributed by atoms with Gasteiger partial charge in [-0.1, -0.05) is 200 Å². The Bertz CT molecular complexity index is 2450. The van der Waals surface area contributed by atoms with Gasteiger partial charge < -0.3 is 33.3 Å². The first-order valence-corrected chi connectivity index (χ1v) is 27.9. The smallest absolute Gasteiger partial charge is 0.395 e. The van der Waals surface area contributed by atoms with E-state index in [4.69, 9.17) is 12.9 Å². The minimum Gasteiger partial charge on any atom is -0.395 e. The molecule has 0 unspecified atom stereocenters. The van der Waals surface area contributed by atoms with Crippen LogP contribution in [0.2, 0.25) is 0 Å². The zero-order valence-electron chi connectivity index (χ0n) is 39.5. The molecule has 364 valence electrons. The number of hydrogen-bond donors (Lipinski definition) is 4. The number of hydrogen-bond acceptors (Lipinski definition) is 9. The van der Waals surface area contributed by atoms with Gasteiger partial charge in [-0.2, -0.15) is 0 Å². The monoisotopic (exact) mass is 978 g/mol. The first-order chi connectivity index (χ1) is 34.3. The molecule has 0 aliphatic heterocycles. The molecular weight excluding hydrogens is 916 g/mol. The lowest BCUT2D eigenvalue weighted by molar-refractivity contribution is 0.103. The van der Waals surface area contributed by atoms with Crippen LogP contribution < -0.4 is 0 Å². The molecule has 0 heterocycles. The molecule has 7 rings (SSSR count). The molecule has 0 saturated heterocycles. The molecule has 0 bridgehead atoms. The first-order valence-electron chi connectivity index (χ1n) is 23.8. The molecule has 0 amide bonds. The van der Waals surface area contributed by atoms with E-state index in [1.54, 1.807) is 36.4 Å². The van der Waals surface area contributed by atoms with Gasteiger partial charge in [0.2, 0.25) is 0 Å². The predicted molar refractivity (Wildman–Crippen MR) is 285 cm³/mol. The fourth-order valence-electron chi connectivity index (χ4n) is 9.23. The summed E-state index contributed by atoms with van der Waals surface area (Å²) in [6, 6.07) is 64.0. The van der Waals surface area contributed by atoms with E-state index in [0.29, 0.717) is 46.2 Å². The molecule has 0 atom stereocenters. The maximum atomic E-state index is 14.1.